The molecule has 0 saturated heterocycles. The molecule has 0 saturated carbocycles. The molecule has 5 nitrogen and oxygen atoms in total. The lowest BCUT2D eigenvalue weighted by molar-refractivity contribution is -0.137. The second-order valence-corrected chi connectivity index (χ2v) is 5.75. The van der Waals surface area contributed by atoms with E-state index < -0.39 is 29.3 Å². The fraction of sp³-hybridized carbons (Fsp3) is 0.167. The number of anilines is 1. The number of halogens is 5. The molecule has 0 bridgehead atoms. The first-order valence-electron chi connectivity index (χ1n) is 7.97. The molecule has 0 aliphatic carbocycles. The van der Waals surface area contributed by atoms with E-state index in [1.54, 1.807) is 0 Å². The van der Waals surface area contributed by atoms with Gasteiger partial charge in [0, 0.05) is 24.5 Å². The number of nitrogens with zero attached hydrogens (tertiary/aromatic N) is 2. The summed E-state index contributed by atoms with van der Waals surface area (Å²) in [5.74, 6) is -2.23. The van der Waals surface area contributed by atoms with Gasteiger partial charge in [-0.3, -0.25) is 4.79 Å². The van der Waals surface area contributed by atoms with E-state index in [0.29, 0.717) is 0 Å². The van der Waals surface area contributed by atoms with Gasteiger partial charge >= 0.3 is 6.18 Å². The molecule has 1 aromatic heterocycles. The number of aromatic nitrogens is 2. The fourth-order valence-electron chi connectivity index (χ4n) is 2.33. The highest BCUT2D eigenvalue weighted by Gasteiger charge is 2.30. The molecule has 0 aliphatic rings. The van der Waals surface area contributed by atoms with Gasteiger partial charge in [-0.1, -0.05) is 6.07 Å². The van der Waals surface area contributed by atoms with Gasteiger partial charge in [0.2, 0.25) is 17.7 Å². The highest BCUT2D eigenvalue weighted by Crippen LogP contribution is 2.31. The summed E-state index contributed by atoms with van der Waals surface area (Å²) in [6.07, 6.45) is -4.72. The van der Waals surface area contributed by atoms with Crippen LogP contribution in [0.15, 0.2) is 46.9 Å². The van der Waals surface area contributed by atoms with Crippen molar-refractivity contribution in [2.24, 2.45) is 0 Å². The van der Waals surface area contributed by atoms with Gasteiger partial charge in [0.15, 0.2) is 0 Å². The van der Waals surface area contributed by atoms with Crippen LogP contribution in [0.2, 0.25) is 0 Å². The van der Waals surface area contributed by atoms with E-state index >= 15 is 0 Å². The normalized spacial score (nSPS) is 11.5. The Balaban J connectivity index is 1.64. The number of carbonyl (C=O) groups is 1. The summed E-state index contributed by atoms with van der Waals surface area (Å²) < 4.78 is 70.2. The van der Waals surface area contributed by atoms with E-state index in [2.05, 4.69) is 15.5 Å². The summed E-state index contributed by atoms with van der Waals surface area (Å²) in [6.45, 7) is 0. The number of alkyl halides is 3. The lowest BCUT2D eigenvalue weighted by Crippen LogP contribution is -2.13. The van der Waals surface area contributed by atoms with E-state index in [1.165, 1.54) is 12.1 Å². The van der Waals surface area contributed by atoms with E-state index in [0.717, 1.165) is 30.3 Å². The summed E-state index contributed by atoms with van der Waals surface area (Å²) in [5, 5.41) is 9.57. The minimum atomic E-state index is -4.51. The quantitative estimate of drug-likeness (QED) is 0.639. The molecule has 146 valence electrons. The second kappa shape index (κ2) is 7.75. The molecule has 1 N–H and O–H groups in total. The number of benzene rings is 2. The zero-order valence-corrected chi connectivity index (χ0v) is 14.1. The molecule has 0 aliphatic heterocycles. The average Bonchev–Trinajstić information content (AvgIpc) is 3.12. The Kier molecular flexibility index (Phi) is 5.39. The van der Waals surface area contributed by atoms with Crippen LogP contribution in [0.5, 0.6) is 0 Å². The average molecular weight is 397 g/mol. The topological polar surface area (TPSA) is 68.0 Å². The molecular weight excluding hydrogens is 385 g/mol. The van der Waals surface area contributed by atoms with E-state index in [-0.39, 0.29) is 35.9 Å². The van der Waals surface area contributed by atoms with Crippen molar-refractivity contribution in [3.8, 4) is 11.5 Å². The molecule has 3 rings (SSSR count). The van der Waals surface area contributed by atoms with E-state index in [9.17, 15) is 26.7 Å². The maximum absolute atomic E-state index is 13.5. The van der Waals surface area contributed by atoms with Crippen LogP contribution in [0, 0.1) is 11.6 Å². The zero-order valence-electron chi connectivity index (χ0n) is 14.1. The standard InChI is InChI=1S/C18H12F5N3O2/c19-12-4-5-13(20)14(9-12)24-15(27)6-7-16-25-26-17(28-16)10-2-1-3-11(8-10)18(21,22)23/h1-5,8-9H,6-7H2,(H,24,27). The molecule has 0 radical (unpaired) electrons. The molecule has 1 amide bonds. The van der Waals surface area contributed by atoms with Crippen LogP contribution in [-0.4, -0.2) is 16.1 Å². The minimum Gasteiger partial charge on any atom is -0.421 e. The Labute approximate surface area is 155 Å². The number of aryl methyl sites for hydroxylation is 1. The highest BCUT2D eigenvalue weighted by atomic mass is 19.4. The summed E-state index contributed by atoms with van der Waals surface area (Å²) >= 11 is 0. The molecule has 10 heteroatoms. The van der Waals surface area contributed by atoms with Crippen LogP contribution in [0.4, 0.5) is 27.6 Å². The van der Waals surface area contributed by atoms with Crippen LogP contribution in [-0.2, 0) is 17.4 Å². The molecule has 3 aromatic rings. The SMILES string of the molecule is O=C(CCc1nnc(-c2cccc(C(F)(F)F)c2)o1)Nc1cc(F)ccc1F. The van der Waals surface area contributed by atoms with Gasteiger partial charge in [0.05, 0.1) is 11.3 Å². The lowest BCUT2D eigenvalue weighted by atomic mass is 10.1. The van der Waals surface area contributed by atoms with Crippen molar-refractivity contribution in [2.75, 3.05) is 5.32 Å². The summed E-state index contributed by atoms with van der Waals surface area (Å²) in [7, 11) is 0. The Hall–Kier alpha value is -3.30. The predicted molar refractivity (Wildman–Crippen MR) is 88.0 cm³/mol. The molecular formula is C18H12F5N3O2. The van der Waals surface area contributed by atoms with Gasteiger partial charge < -0.3 is 9.73 Å². The number of rotatable bonds is 5. The first-order chi connectivity index (χ1) is 13.2. The van der Waals surface area contributed by atoms with Crippen molar-refractivity contribution in [1.29, 1.82) is 0 Å². The first kappa shape index (κ1) is 19.5. The van der Waals surface area contributed by atoms with Crippen molar-refractivity contribution < 1.29 is 31.2 Å². The lowest BCUT2D eigenvalue weighted by Gasteiger charge is -2.06. The highest BCUT2D eigenvalue weighted by molar-refractivity contribution is 5.90. The third-order valence-electron chi connectivity index (χ3n) is 3.67. The number of hydrogen-bond donors (Lipinski definition) is 1. The second-order valence-electron chi connectivity index (χ2n) is 5.75. The number of amides is 1. The largest absolute Gasteiger partial charge is 0.421 e. The van der Waals surface area contributed by atoms with Crippen LogP contribution in [0.25, 0.3) is 11.5 Å². The van der Waals surface area contributed by atoms with Gasteiger partial charge in [0.25, 0.3) is 0 Å². The Morgan fingerprint density at radius 2 is 1.86 bits per heavy atom. The van der Waals surface area contributed by atoms with Crippen LogP contribution in [0.3, 0.4) is 0 Å². The maximum Gasteiger partial charge on any atom is 0.416 e. The van der Waals surface area contributed by atoms with Crippen molar-refractivity contribution in [3.05, 3.63) is 65.6 Å². The monoisotopic (exact) mass is 397 g/mol. The van der Waals surface area contributed by atoms with Gasteiger partial charge in [-0.25, -0.2) is 8.78 Å². The number of carbonyl (C=O) groups excluding carboxylic acids is 1. The van der Waals surface area contributed by atoms with Gasteiger partial charge in [-0.05, 0) is 30.3 Å². The molecule has 0 atom stereocenters. The van der Waals surface area contributed by atoms with Crippen LogP contribution < -0.4 is 5.32 Å². The number of hydrogen-bond acceptors (Lipinski definition) is 4. The smallest absolute Gasteiger partial charge is 0.416 e. The van der Waals surface area contributed by atoms with Crippen molar-refractivity contribution >= 4 is 11.6 Å². The van der Waals surface area contributed by atoms with Gasteiger partial charge in [0.1, 0.15) is 11.6 Å². The van der Waals surface area contributed by atoms with Crippen molar-refractivity contribution in [3.63, 3.8) is 0 Å². The zero-order chi connectivity index (χ0) is 20.3. The van der Waals surface area contributed by atoms with Crippen LogP contribution >= 0.6 is 0 Å². The Morgan fingerprint density at radius 1 is 1.07 bits per heavy atom. The Morgan fingerprint density at radius 3 is 2.61 bits per heavy atom. The molecule has 28 heavy (non-hydrogen) atoms. The van der Waals surface area contributed by atoms with Crippen molar-refractivity contribution in [2.45, 2.75) is 19.0 Å². The first-order valence-corrected chi connectivity index (χ1v) is 7.97. The minimum absolute atomic E-state index is 0.0160. The van der Waals surface area contributed by atoms with Crippen LogP contribution in [0.1, 0.15) is 17.9 Å². The molecule has 0 fully saturated rings. The summed E-state index contributed by atoms with van der Waals surface area (Å²) in [4.78, 5) is 11.9. The Bertz CT molecular complexity index is 1000. The molecule has 0 spiro atoms. The molecule has 0 unspecified atom stereocenters. The van der Waals surface area contributed by atoms with E-state index in [1.807, 2.05) is 0 Å². The molecule has 1 heterocycles. The summed E-state index contributed by atoms with van der Waals surface area (Å²) in [6, 6.07) is 7.01. The predicted octanol–water partition coefficient (Wildman–Crippen LogP) is 4.60. The summed E-state index contributed by atoms with van der Waals surface area (Å²) in [5.41, 5.74) is -1.08. The fourth-order valence-corrected chi connectivity index (χ4v) is 2.33. The van der Waals surface area contributed by atoms with Gasteiger partial charge in [-0.15, -0.1) is 10.2 Å². The van der Waals surface area contributed by atoms with E-state index in [4.69, 9.17) is 4.42 Å². The third-order valence-corrected chi connectivity index (χ3v) is 3.67. The maximum atomic E-state index is 13.5. The third kappa shape index (κ3) is 4.70. The molecule has 2 aromatic carbocycles. The number of nitrogens with one attached hydrogen (secondary N) is 1. The van der Waals surface area contributed by atoms with Crippen molar-refractivity contribution in [1.82, 2.24) is 10.2 Å². The van der Waals surface area contributed by atoms with Gasteiger partial charge in [-0.2, -0.15) is 13.2 Å².